The summed E-state index contributed by atoms with van der Waals surface area (Å²) < 4.78 is 29.2. The van der Waals surface area contributed by atoms with Crippen molar-refractivity contribution in [3.63, 3.8) is 0 Å². The van der Waals surface area contributed by atoms with Crippen LogP contribution in [0.15, 0.2) is 0 Å². The van der Waals surface area contributed by atoms with E-state index in [9.17, 15) is 8.42 Å². The summed E-state index contributed by atoms with van der Waals surface area (Å²) in [7, 11) is -1.43. The highest BCUT2D eigenvalue weighted by molar-refractivity contribution is 7.88. The monoisotopic (exact) mass is 222 g/mol. The minimum atomic E-state index is -3.06. The lowest BCUT2D eigenvalue weighted by molar-refractivity contribution is 0.146. The van der Waals surface area contributed by atoms with Gasteiger partial charge < -0.3 is 10.1 Å². The molecule has 0 spiro atoms. The van der Waals surface area contributed by atoms with Gasteiger partial charge in [0.15, 0.2) is 0 Å². The molecule has 0 saturated carbocycles. The third-order valence-corrected chi connectivity index (χ3v) is 3.57. The molecule has 0 amide bonds. The van der Waals surface area contributed by atoms with Crippen molar-refractivity contribution in [1.29, 1.82) is 0 Å². The second kappa shape index (κ2) is 5.06. The number of sulfonamides is 1. The lowest BCUT2D eigenvalue weighted by Gasteiger charge is -2.20. The first-order valence-corrected chi connectivity index (χ1v) is 6.53. The highest BCUT2D eigenvalue weighted by atomic mass is 32.2. The van der Waals surface area contributed by atoms with Gasteiger partial charge in [-0.1, -0.05) is 0 Å². The normalized spacial score (nSPS) is 26.0. The van der Waals surface area contributed by atoms with Crippen LogP contribution >= 0.6 is 0 Å². The number of nitrogens with zero attached hydrogens (tertiary/aromatic N) is 1. The van der Waals surface area contributed by atoms with Gasteiger partial charge >= 0.3 is 0 Å². The molecule has 0 aromatic heterocycles. The molecule has 84 valence electrons. The van der Waals surface area contributed by atoms with E-state index in [-0.39, 0.29) is 5.92 Å². The lowest BCUT2D eigenvalue weighted by atomic mass is 10.1. The number of methoxy groups -OCH3 is 1. The summed E-state index contributed by atoms with van der Waals surface area (Å²) in [5, 5.41) is 3.20. The molecule has 0 aromatic carbocycles. The van der Waals surface area contributed by atoms with Crippen molar-refractivity contribution in [3.05, 3.63) is 0 Å². The molecular formula is C8H18N2O3S. The molecule has 1 aliphatic rings. The minimum Gasteiger partial charge on any atom is -0.384 e. The highest BCUT2D eigenvalue weighted by Gasteiger charge is 2.23. The Labute approximate surface area is 85.5 Å². The second-order valence-corrected chi connectivity index (χ2v) is 5.63. The predicted octanol–water partition coefficient (Wildman–Crippen LogP) is -0.886. The van der Waals surface area contributed by atoms with Gasteiger partial charge in [0, 0.05) is 39.2 Å². The number of nitrogens with one attached hydrogen (secondary N) is 1. The van der Waals surface area contributed by atoms with Crippen LogP contribution in [0.4, 0.5) is 0 Å². The zero-order chi connectivity index (χ0) is 10.6. The third-order valence-electron chi connectivity index (χ3n) is 2.30. The number of hydrogen-bond donors (Lipinski definition) is 1. The van der Waals surface area contributed by atoms with Gasteiger partial charge in [0.25, 0.3) is 0 Å². The van der Waals surface area contributed by atoms with E-state index in [0.29, 0.717) is 26.2 Å². The largest absolute Gasteiger partial charge is 0.384 e. The molecule has 0 bridgehead atoms. The van der Waals surface area contributed by atoms with Crippen molar-refractivity contribution in [2.24, 2.45) is 5.92 Å². The molecule has 6 heteroatoms. The SMILES string of the molecule is COC[C@H]1CNCCN(S(C)(=O)=O)C1. The van der Waals surface area contributed by atoms with E-state index in [2.05, 4.69) is 5.32 Å². The van der Waals surface area contributed by atoms with Gasteiger partial charge in [-0.15, -0.1) is 0 Å². The zero-order valence-electron chi connectivity index (χ0n) is 8.69. The predicted molar refractivity (Wildman–Crippen MR) is 54.7 cm³/mol. The first kappa shape index (κ1) is 11.9. The summed E-state index contributed by atoms with van der Waals surface area (Å²) in [5.41, 5.74) is 0. The van der Waals surface area contributed by atoms with E-state index in [1.54, 1.807) is 7.11 Å². The third kappa shape index (κ3) is 3.53. The summed E-state index contributed by atoms with van der Waals surface area (Å²) in [4.78, 5) is 0. The Morgan fingerprint density at radius 3 is 2.86 bits per heavy atom. The summed E-state index contributed by atoms with van der Waals surface area (Å²) in [6.07, 6.45) is 1.25. The maximum Gasteiger partial charge on any atom is 0.211 e. The summed E-state index contributed by atoms with van der Waals surface area (Å²) in [6.45, 7) is 3.24. The van der Waals surface area contributed by atoms with Gasteiger partial charge in [0.2, 0.25) is 10.0 Å². The van der Waals surface area contributed by atoms with Gasteiger partial charge in [0.05, 0.1) is 12.9 Å². The van der Waals surface area contributed by atoms with Crippen molar-refractivity contribution in [2.75, 3.05) is 46.2 Å². The fraction of sp³-hybridized carbons (Fsp3) is 1.00. The van der Waals surface area contributed by atoms with Gasteiger partial charge in [-0.2, -0.15) is 0 Å². The highest BCUT2D eigenvalue weighted by Crippen LogP contribution is 2.07. The standard InChI is InChI=1S/C8H18N2O3S/c1-13-7-8-5-9-3-4-10(6-8)14(2,11)12/h8-9H,3-7H2,1-2H3/t8-/m0/s1. The molecular weight excluding hydrogens is 204 g/mol. The van der Waals surface area contributed by atoms with Gasteiger partial charge in [-0.3, -0.25) is 0 Å². The Morgan fingerprint density at radius 2 is 2.29 bits per heavy atom. The zero-order valence-corrected chi connectivity index (χ0v) is 9.51. The Balaban J connectivity index is 2.60. The Kier molecular flexibility index (Phi) is 4.31. The molecule has 14 heavy (non-hydrogen) atoms. The summed E-state index contributed by atoms with van der Waals surface area (Å²) in [6, 6.07) is 0. The van der Waals surface area contributed by atoms with Crippen LogP contribution in [-0.2, 0) is 14.8 Å². The van der Waals surface area contributed by atoms with E-state index >= 15 is 0 Å². The van der Waals surface area contributed by atoms with Crippen molar-refractivity contribution in [2.45, 2.75) is 0 Å². The van der Waals surface area contributed by atoms with Crippen LogP contribution in [0.3, 0.4) is 0 Å². The van der Waals surface area contributed by atoms with Gasteiger partial charge in [0.1, 0.15) is 0 Å². The van der Waals surface area contributed by atoms with E-state index in [0.717, 1.165) is 6.54 Å². The van der Waals surface area contributed by atoms with E-state index in [1.165, 1.54) is 10.6 Å². The fourth-order valence-corrected chi connectivity index (χ4v) is 2.51. The molecule has 1 heterocycles. The average molecular weight is 222 g/mol. The van der Waals surface area contributed by atoms with Crippen LogP contribution in [0.1, 0.15) is 0 Å². The number of ether oxygens (including phenoxy) is 1. The Hall–Kier alpha value is -0.170. The molecule has 1 atom stereocenters. The van der Waals surface area contributed by atoms with Crippen molar-refractivity contribution >= 4 is 10.0 Å². The average Bonchev–Trinajstić information content (AvgIpc) is 2.29. The van der Waals surface area contributed by atoms with Crippen LogP contribution in [0.5, 0.6) is 0 Å². The van der Waals surface area contributed by atoms with Gasteiger partial charge in [-0.05, 0) is 0 Å². The van der Waals surface area contributed by atoms with Crippen molar-refractivity contribution in [3.8, 4) is 0 Å². The van der Waals surface area contributed by atoms with Crippen LogP contribution in [-0.4, -0.2) is 58.9 Å². The molecule has 0 radical (unpaired) electrons. The fourth-order valence-electron chi connectivity index (χ4n) is 1.60. The van der Waals surface area contributed by atoms with E-state index in [4.69, 9.17) is 4.74 Å². The van der Waals surface area contributed by atoms with Crippen LogP contribution in [0, 0.1) is 5.92 Å². The molecule has 0 aliphatic carbocycles. The quantitative estimate of drug-likeness (QED) is 0.673. The molecule has 1 aliphatic heterocycles. The molecule has 1 rings (SSSR count). The smallest absolute Gasteiger partial charge is 0.211 e. The first-order valence-electron chi connectivity index (χ1n) is 4.69. The summed E-state index contributed by atoms with van der Waals surface area (Å²) in [5.74, 6) is 0.247. The molecule has 1 N–H and O–H groups in total. The van der Waals surface area contributed by atoms with Crippen LogP contribution < -0.4 is 5.32 Å². The Bertz CT molecular complexity index is 266. The summed E-state index contributed by atoms with van der Waals surface area (Å²) >= 11 is 0. The molecule has 1 saturated heterocycles. The maximum absolute atomic E-state index is 11.3. The molecule has 1 fully saturated rings. The molecule has 5 nitrogen and oxygen atoms in total. The van der Waals surface area contributed by atoms with Crippen molar-refractivity contribution in [1.82, 2.24) is 9.62 Å². The lowest BCUT2D eigenvalue weighted by Crippen LogP contribution is -2.36. The number of rotatable bonds is 3. The van der Waals surface area contributed by atoms with E-state index < -0.39 is 10.0 Å². The second-order valence-electron chi connectivity index (χ2n) is 3.65. The maximum atomic E-state index is 11.3. The number of hydrogen-bond acceptors (Lipinski definition) is 4. The van der Waals surface area contributed by atoms with E-state index in [1.807, 2.05) is 0 Å². The van der Waals surface area contributed by atoms with Gasteiger partial charge in [-0.25, -0.2) is 12.7 Å². The Morgan fingerprint density at radius 1 is 1.57 bits per heavy atom. The minimum absolute atomic E-state index is 0.247. The molecule has 0 unspecified atom stereocenters. The first-order chi connectivity index (χ1) is 6.54. The van der Waals surface area contributed by atoms with Crippen molar-refractivity contribution < 1.29 is 13.2 Å². The topological polar surface area (TPSA) is 58.6 Å². The van der Waals surface area contributed by atoms with Crippen LogP contribution in [0.2, 0.25) is 0 Å². The van der Waals surface area contributed by atoms with Crippen LogP contribution in [0.25, 0.3) is 0 Å². The molecule has 0 aromatic rings.